The van der Waals surface area contributed by atoms with E-state index in [1.54, 1.807) is 4.90 Å². The Hall–Kier alpha value is -3.40. The lowest BCUT2D eigenvalue weighted by Crippen LogP contribution is -2.52. The van der Waals surface area contributed by atoms with Crippen LogP contribution in [0.5, 0.6) is 0 Å². The second-order valence-corrected chi connectivity index (χ2v) is 9.93. The number of benzene rings is 1. The van der Waals surface area contributed by atoms with Gasteiger partial charge in [0, 0.05) is 57.9 Å². The normalized spacial score (nSPS) is 18.2. The van der Waals surface area contributed by atoms with Gasteiger partial charge >= 0.3 is 0 Å². The molecule has 2 aliphatic heterocycles. The molecule has 0 bridgehead atoms. The first kappa shape index (κ1) is 26.2. The standard InChI is InChI=1S/C27H32FN7O.CH3F/c28-17-25-23(19-30-35(25)22-5-2-1-3-6-22)26(36)33-11-9-20-18-29-27(31-24(20)10-12-33)34-15-13-32(14-16-34)21-7-4-8-21;1-2/h1-3,5-6,18-19,21H,4,7-17H2;1H3. The van der Waals surface area contributed by atoms with Gasteiger partial charge < -0.3 is 9.80 Å². The predicted octanol–water partition coefficient (Wildman–Crippen LogP) is 3.63. The first-order valence-electron chi connectivity index (χ1n) is 13.4. The van der Waals surface area contributed by atoms with Crippen LogP contribution in [0.3, 0.4) is 0 Å². The van der Waals surface area contributed by atoms with E-state index in [4.69, 9.17) is 4.98 Å². The number of amides is 1. The van der Waals surface area contributed by atoms with Crippen molar-refractivity contribution in [1.29, 1.82) is 0 Å². The molecule has 38 heavy (non-hydrogen) atoms. The van der Waals surface area contributed by atoms with Crippen molar-refractivity contribution in [2.75, 3.05) is 51.3 Å². The van der Waals surface area contributed by atoms with Crippen LogP contribution in [0.25, 0.3) is 5.69 Å². The number of fused-ring (bicyclic) bond motifs is 1. The van der Waals surface area contributed by atoms with Gasteiger partial charge in [0.15, 0.2) is 0 Å². The molecule has 1 amide bonds. The van der Waals surface area contributed by atoms with Crippen molar-refractivity contribution >= 4 is 11.9 Å². The minimum absolute atomic E-state index is 0.182. The fourth-order valence-electron chi connectivity index (χ4n) is 5.50. The largest absolute Gasteiger partial charge is 0.338 e. The van der Waals surface area contributed by atoms with Gasteiger partial charge in [-0.25, -0.2) is 19.0 Å². The molecule has 0 atom stereocenters. The molecule has 2 fully saturated rings. The number of para-hydroxylation sites is 1. The molecule has 10 heteroatoms. The number of carbonyl (C=O) groups excluding carboxylic acids is 1. The summed E-state index contributed by atoms with van der Waals surface area (Å²) in [6.45, 7) is 4.39. The third-order valence-corrected chi connectivity index (χ3v) is 7.91. The van der Waals surface area contributed by atoms with Gasteiger partial charge in [0.2, 0.25) is 5.95 Å². The van der Waals surface area contributed by atoms with Crippen LogP contribution in [0.4, 0.5) is 14.7 Å². The topological polar surface area (TPSA) is 70.4 Å². The Morgan fingerprint density at radius 1 is 0.974 bits per heavy atom. The van der Waals surface area contributed by atoms with Crippen molar-refractivity contribution in [2.24, 2.45) is 0 Å². The lowest BCUT2D eigenvalue weighted by Gasteiger charge is -2.43. The Labute approximate surface area is 222 Å². The molecule has 3 aromatic rings. The predicted molar refractivity (Wildman–Crippen MR) is 142 cm³/mol. The summed E-state index contributed by atoms with van der Waals surface area (Å²) in [6.07, 6.45) is 8.82. The molecule has 1 saturated heterocycles. The smallest absolute Gasteiger partial charge is 0.257 e. The van der Waals surface area contributed by atoms with Gasteiger partial charge in [0.1, 0.15) is 6.67 Å². The number of piperazine rings is 1. The van der Waals surface area contributed by atoms with Crippen LogP contribution in [0.2, 0.25) is 0 Å². The fraction of sp³-hybridized carbons (Fsp3) is 0.500. The van der Waals surface area contributed by atoms with E-state index in [0.717, 1.165) is 55.1 Å². The highest BCUT2D eigenvalue weighted by Gasteiger charge is 2.30. The molecule has 0 unspecified atom stereocenters. The number of alkyl halides is 2. The Morgan fingerprint density at radius 2 is 1.71 bits per heavy atom. The second kappa shape index (κ2) is 12.0. The summed E-state index contributed by atoms with van der Waals surface area (Å²) in [5.41, 5.74) is 3.46. The zero-order chi connectivity index (χ0) is 26.5. The average Bonchev–Trinajstić information content (AvgIpc) is 3.27. The van der Waals surface area contributed by atoms with Crippen LogP contribution in [-0.4, -0.2) is 87.9 Å². The van der Waals surface area contributed by atoms with Crippen LogP contribution >= 0.6 is 0 Å². The molecule has 0 spiro atoms. The second-order valence-electron chi connectivity index (χ2n) is 9.93. The quantitative estimate of drug-likeness (QED) is 0.509. The van der Waals surface area contributed by atoms with Gasteiger partial charge in [-0.05, 0) is 37.0 Å². The van der Waals surface area contributed by atoms with Gasteiger partial charge in [-0.3, -0.25) is 14.1 Å². The van der Waals surface area contributed by atoms with Crippen molar-refractivity contribution in [2.45, 2.75) is 44.8 Å². The minimum Gasteiger partial charge on any atom is -0.338 e. The average molecular weight is 524 g/mol. The van der Waals surface area contributed by atoms with E-state index < -0.39 is 6.67 Å². The summed E-state index contributed by atoms with van der Waals surface area (Å²) >= 11 is 0. The molecule has 3 aliphatic rings. The molecule has 202 valence electrons. The fourth-order valence-corrected chi connectivity index (χ4v) is 5.50. The molecule has 1 aliphatic carbocycles. The Morgan fingerprint density at radius 3 is 2.39 bits per heavy atom. The summed E-state index contributed by atoms with van der Waals surface area (Å²) in [4.78, 5) is 29.7. The van der Waals surface area contributed by atoms with Gasteiger partial charge in [-0.15, -0.1) is 0 Å². The molecule has 0 N–H and O–H groups in total. The van der Waals surface area contributed by atoms with Gasteiger partial charge in [0.05, 0.1) is 36.0 Å². The number of nitrogens with zero attached hydrogens (tertiary/aromatic N) is 7. The highest BCUT2D eigenvalue weighted by Crippen LogP contribution is 2.27. The Bertz CT molecular complexity index is 1220. The van der Waals surface area contributed by atoms with Gasteiger partial charge in [-0.1, -0.05) is 24.6 Å². The van der Waals surface area contributed by atoms with Crippen LogP contribution in [-0.2, 0) is 19.5 Å². The van der Waals surface area contributed by atoms with Crippen molar-refractivity contribution in [1.82, 2.24) is 29.5 Å². The van der Waals surface area contributed by atoms with E-state index in [1.807, 2.05) is 36.5 Å². The maximum absolute atomic E-state index is 14.0. The Balaban J connectivity index is 0.00000144. The van der Waals surface area contributed by atoms with Crippen LogP contribution in [0.15, 0.2) is 42.7 Å². The monoisotopic (exact) mass is 523 g/mol. The highest BCUT2D eigenvalue weighted by atomic mass is 19.1. The molecule has 8 nitrogen and oxygen atoms in total. The third kappa shape index (κ3) is 5.27. The summed E-state index contributed by atoms with van der Waals surface area (Å²) in [5, 5.41) is 4.32. The number of hydrogen-bond acceptors (Lipinski definition) is 6. The van der Waals surface area contributed by atoms with E-state index >= 15 is 0 Å². The van der Waals surface area contributed by atoms with E-state index in [1.165, 1.54) is 30.1 Å². The molecular weight excluding hydrogens is 488 g/mol. The molecule has 6 rings (SSSR count). The van der Waals surface area contributed by atoms with Gasteiger partial charge in [-0.2, -0.15) is 5.10 Å². The first-order valence-corrected chi connectivity index (χ1v) is 13.4. The molecule has 0 radical (unpaired) electrons. The van der Waals surface area contributed by atoms with Crippen molar-refractivity contribution in [3.05, 3.63) is 65.2 Å². The van der Waals surface area contributed by atoms with E-state index in [9.17, 15) is 13.6 Å². The SMILES string of the molecule is CF.O=C(c1cnn(-c2ccccc2)c1CF)N1CCc2cnc(N3CCN(C4CCC4)CC3)nc2CC1. The van der Waals surface area contributed by atoms with Crippen LogP contribution in [0.1, 0.15) is 46.6 Å². The summed E-state index contributed by atoms with van der Waals surface area (Å²) < 4.78 is 25.1. The maximum atomic E-state index is 14.0. The number of anilines is 1. The lowest BCUT2D eigenvalue weighted by molar-refractivity contribution is 0.0761. The minimum atomic E-state index is -0.757. The number of hydrogen-bond donors (Lipinski definition) is 0. The number of aromatic nitrogens is 4. The third-order valence-electron chi connectivity index (χ3n) is 7.91. The van der Waals surface area contributed by atoms with E-state index in [-0.39, 0.29) is 11.6 Å². The lowest BCUT2D eigenvalue weighted by atomic mass is 9.91. The van der Waals surface area contributed by atoms with Crippen molar-refractivity contribution in [3.8, 4) is 5.69 Å². The number of carbonyl (C=O) groups is 1. The molecule has 1 saturated carbocycles. The zero-order valence-corrected chi connectivity index (χ0v) is 21.9. The first-order chi connectivity index (χ1) is 18.7. The summed E-state index contributed by atoms with van der Waals surface area (Å²) in [5.74, 6) is 0.614. The number of halogens is 2. The van der Waals surface area contributed by atoms with E-state index in [0.29, 0.717) is 38.7 Å². The molecule has 2 aromatic heterocycles. The van der Waals surface area contributed by atoms with Gasteiger partial charge in [0.25, 0.3) is 5.91 Å². The van der Waals surface area contributed by atoms with Crippen LogP contribution < -0.4 is 4.90 Å². The molecular formula is C28H35F2N7O. The maximum Gasteiger partial charge on any atom is 0.257 e. The van der Waals surface area contributed by atoms with E-state index in [2.05, 4.69) is 19.9 Å². The highest BCUT2D eigenvalue weighted by molar-refractivity contribution is 5.95. The van der Waals surface area contributed by atoms with Crippen molar-refractivity contribution in [3.63, 3.8) is 0 Å². The molecule has 1 aromatic carbocycles. The van der Waals surface area contributed by atoms with Crippen molar-refractivity contribution < 1.29 is 13.6 Å². The van der Waals surface area contributed by atoms with Crippen LogP contribution in [0, 0.1) is 0 Å². The summed E-state index contributed by atoms with van der Waals surface area (Å²) in [6, 6.07) is 10.1. The zero-order valence-electron chi connectivity index (χ0n) is 21.9. The summed E-state index contributed by atoms with van der Waals surface area (Å²) in [7, 11) is 0.500. The Kier molecular flexibility index (Phi) is 8.26. The molecule has 4 heterocycles. The number of rotatable bonds is 5.